The van der Waals surface area contributed by atoms with Crippen LogP contribution < -0.4 is 0 Å². The molecule has 0 saturated carbocycles. The molecule has 0 N–H and O–H groups in total. The average Bonchev–Trinajstić information content (AvgIpc) is 2.72. The summed E-state index contributed by atoms with van der Waals surface area (Å²) in [6.07, 6.45) is 4.74. The Bertz CT molecular complexity index is 534. The van der Waals surface area contributed by atoms with Gasteiger partial charge in [-0.1, -0.05) is 6.92 Å². The topological polar surface area (TPSA) is 41.6 Å². The van der Waals surface area contributed by atoms with Crippen molar-refractivity contribution in [1.82, 2.24) is 9.55 Å². The first-order valence-corrected chi connectivity index (χ1v) is 5.78. The predicted octanol–water partition coefficient (Wildman–Crippen LogP) is 3.20. The van der Waals surface area contributed by atoms with E-state index in [1.807, 2.05) is 31.2 Å². The quantitative estimate of drug-likeness (QED) is 0.845. The third-order valence-electron chi connectivity index (χ3n) is 2.41. The normalized spacial score (nSPS) is 10.1. The van der Waals surface area contributed by atoms with Gasteiger partial charge in [-0.3, -0.25) is 4.98 Å². The van der Waals surface area contributed by atoms with Gasteiger partial charge in [0.1, 0.15) is 0 Å². The molecule has 16 heavy (non-hydrogen) atoms. The van der Waals surface area contributed by atoms with Crippen LogP contribution >= 0.6 is 15.9 Å². The van der Waals surface area contributed by atoms with Gasteiger partial charge in [0, 0.05) is 16.4 Å². The van der Waals surface area contributed by atoms with Crippen molar-refractivity contribution in [2.75, 3.05) is 0 Å². The second kappa shape index (κ2) is 4.50. The summed E-state index contributed by atoms with van der Waals surface area (Å²) in [5, 5.41) is 9.11. The molecule has 0 aliphatic carbocycles. The number of rotatable bonds is 2. The Morgan fingerprint density at radius 1 is 1.38 bits per heavy atom. The molecule has 3 nitrogen and oxygen atoms in total. The standard InChI is InChI=1S/C12H10BrN3/c1-2-10-4-6-12(16(10)8-14)11-5-3-9(13)7-15-11/h3-7H,2H2,1H3. The van der Waals surface area contributed by atoms with E-state index in [-0.39, 0.29) is 0 Å². The second-order valence-corrected chi connectivity index (χ2v) is 4.28. The van der Waals surface area contributed by atoms with Gasteiger partial charge in [0.05, 0.1) is 11.4 Å². The van der Waals surface area contributed by atoms with Crippen molar-refractivity contribution in [2.45, 2.75) is 13.3 Å². The van der Waals surface area contributed by atoms with Crippen LogP contribution in [0.3, 0.4) is 0 Å². The van der Waals surface area contributed by atoms with Gasteiger partial charge in [0.15, 0.2) is 6.19 Å². The van der Waals surface area contributed by atoms with E-state index in [9.17, 15) is 0 Å². The summed E-state index contributed by atoms with van der Waals surface area (Å²) >= 11 is 3.34. The summed E-state index contributed by atoms with van der Waals surface area (Å²) in [6.45, 7) is 2.03. The van der Waals surface area contributed by atoms with Crippen LogP contribution in [0.1, 0.15) is 12.6 Å². The number of halogens is 1. The summed E-state index contributed by atoms with van der Waals surface area (Å²) < 4.78 is 2.55. The van der Waals surface area contributed by atoms with Crippen LogP contribution in [0, 0.1) is 11.5 Å². The minimum atomic E-state index is 0.810. The highest BCUT2D eigenvalue weighted by Crippen LogP contribution is 2.21. The van der Waals surface area contributed by atoms with Crippen molar-refractivity contribution < 1.29 is 0 Å². The van der Waals surface area contributed by atoms with Gasteiger partial charge in [0.2, 0.25) is 0 Å². The predicted molar refractivity (Wildman–Crippen MR) is 65.8 cm³/mol. The highest BCUT2D eigenvalue weighted by molar-refractivity contribution is 9.10. The van der Waals surface area contributed by atoms with Crippen molar-refractivity contribution in [1.29, 1.82) is 5.26 Å². The zero-order valence-electron chi connectivity index (χ0n) is 8.81. The summed E-state index contributed by atoms with van der Waals surface area (Å²) in [4.78, 5) is 4.29. The number of pyridine rings is 1. The van der Waals surface area contributed by atoms with Gasteiger partial charge in [-0.25, -0.2) is 4.57 Å². The van der Waals surface area contributed by atoms with E-state index in [1.165, 1.54) is 0 Å². The van der Waals surface area contributed by atoms with E-state index >= 15 is 0 Å². The Balaban J connectivity index is 2.52. The van der Waals surface area contributed by atoms with Crippen molar-refractivity contribution >= 4 is 15.9 Å². The molecule has 0 amide bonds. The van der Waals surface area contributed by atoms with Gasteiger partial charge in [-0.15, -0.1) is 0 Å². The maximum absolute atomic E-state index is 9.11. The monoisotopic (exact) mass is 275 g/mol. The van der Waals surface area contributed by atoms with E-state index < -0.39 is 0 Å². The smallest absolute Gasteiger partial charge is 0.189 e. The summed E-state index contributed by atoms with van der Waals surface area (Å²) in [7, 11) is 0. The number of hydrogen-bond acceptors (Lipinski definition) is 2. The molecule has 0 aliphatic rings. The second-order valence-electron chi connectivity index (χ2n) is 3.36. The molecule has 2 aromatic heterocycles. The number of aryl methyl sites for hydroxylation is 1. The van der Waals surface area contributed by atoms with Crippen LogP contribution in [0.15, 0.2) is 34.9 Å². The Morgan fingerprint density at radius 2 is 2.19 bits per heavy atom. The minimum absolute atomic E-state index is 0.810. The zero-order valence-corrected chi connectivity index (χ0v) is 10.4. The maximum Gasteiger partial charge on any atom is 0.189 e. The molecule has 80 valence electrons. The molecule has 0 unspecified atom stereocenters. The van der Waals surface area contributed by atoms with Gasteiger partial charge in [0.25, 0.3) is 0 Å². The summed E-state index contributed by atoms with van der Waals surface area (Å²) in [5.74, 6) is 0. The zero-order chi connectivity index (χ0) is 11.5. The lowest BCUT2D eigenvalue weighted by atomic mass is 10.3. The highest BCUT2D eigenvalue weighted by atomic mass is 79.9. The fourth-order valence-corrected chi connectivity index (χ4v) is 1.83. The van der Waals surface area contributed by atoms with Crippen LogP contribution in [-0.2, 0) is 6.42 Å². The molecule has 0 aromatic carbocycles. The molecule has 0 spiro atoms. The summed E-state index contributed by atoms with van der Waals surface area (Å²) in [6, 6.07) is 7.70. The van der Waals surface area contributed by atoms with Gasteiger partial charge in [-0.2, -0.15) is 5.26 Å². The third kappa shape index (κ3) is 1.86. The number of nitrogens with zero attached hydrogens (tertiary/aromatic N) is 3. The highest BCUT2D eigenvalue weighted by Gasteiger charge is 2.09. The molecule has 4 heteroatoms. The van der Waals surface area contributed by atoms with Gasteiger partial charge in [-0.05, 0) is 46.6 Å². The Morgan fingerprint density at radius 3 is 2.75 bits per heavy atom. The molecule has 2 heterocycles. The third-order valence-corrected chi connectivity index (χ3v) is 2.88. The van der Waals surface area contributed by atoms with E-state index in [1.54, 1.807) is 10.8 Å². The van der Waals surface area contributed by atoms with Gasteiger partial charge >= 0.3 is 0 Å². The largest absolute Gasteiger partial charge is 0.253 e. The molecule has 0 radical (unpaired) electrons. The molecule has 2 aromatic rings. The first-order valence-electron chi connectivity index (χ1n) is 4.99. The van der Waals surface area contributed by atoms with Gasteiger partial charge < -0.3 is 0 Å². The van der Waals surface area contributed by atoms with Crippen molar-refractivity contribution in [3.05, 3.63) is 40.6 Å². The molecule has 0 saturated heterocycles. The molecule has 0 bridgehead atoms. The molecular formula is C12H10BrN3. The Labute approximate surface area is 102 Å². The molecule has 0 fully saturated rings. The van der Waals surface area contributed by atoms with E-state index in [2.05, 4.69) is 27.1 Å². The van der Waals surface area contributed by atoms with Crippen LogP contribution in [0.5, 0.6) is 0 Å². The Hall–Kier alpha value is -1.60. The Kier molecular flexibility index (Phi) is 3.07. The SMILES string of the molecule is CCc1ccc(-c2ccc(Br)cn2)n1C#N. The maximum atomic E-state index is 9.11. The van der Waals surface area contributed by atoms with Crippen molar-refractivity contribution in [2.24, 2.45) is 0 Å². The van der Waals surface area contributed by atoms with Crippen molar-refractivity contribution in [3.63, 3.8) is 0 Å². The number of nitriles is 1. The first kappa shape index (κ1) is 10.9. The fourth-order valence-electron chi connectivity index (χ4n) is 1.60. The van der Waals surface area contributed by atoms with E-state index in [4.69, 9.17) is 5.26 Å². The lowest BCUT2D eigenvalue weighted by molar-refractivity contribution is 0.951. The fraction of sp³-hybridized carbons (Fsp3) is 0.167. The molecule has 0 aliphatic heterocycles. The number of hydrogen-bond donors (Lipinski definition) is 0. The molecule has 0 atom stereocenters. The lowest BCUT2D eigenvalue weighted by Gasteiger charge is -2.02. The van der Waals surface area contributed by atoms with Crippen LogP contribution in [0.4, 0.5) is 0 Å². The average molecular weight is 276 g/mol. The van der Waals surface area contributed by atoms with E-state index in [0.29, 0.717) is 0 Å². The molecule has 2 rings (SSSR count). The first-order chi connectivity index (χ1) is 7.76. The molecular weight excluding hydrogens is 266 g/mol. The van der Waals surface area contributed by atoms with Crippen LogP contribution in [-0.4, -0.2) is 9.55 Å². The van der Waals surface area contributed by atoms with Crippen LogP contribution in [0.2, 0.25) is 0 Å². The summed E-state index contributed by atoms with van der Waals surface area (Å²) in [5.41, 5.74) is 2.65. The van der Waals surface area contributed by atoms with Crippen LogP contribution in [0.25, 0.3) is 11.4 Å². The van der Waals surface area contributed by atoms with Crippen molar-refractivity contribution in [3.8, 4) is 17.6 Å². The lowest BCUT2D eigenvalue weighted by Crippen LogP contribution is -1.97. The number of aromatic nitrogens is 2. The van der Waals surface area contributed by atoms with E-state index in [0.717, 1.165) is 28.0 Å². The minimum Gasteiger partial charge on any atom is -0.253 e.